The number of benzene rings is 2. The lowest BCUT2D eigenvalue weighted by atomic mass is 9.83. The van der Waals surface area contributed by atoms with Gasteiger partial charge in [0.1, 0.15) is 10.5 Å². The van der Waals surface area contributed by atoms with Crippen molar-refractivity contribution in [1.82, 2.24) is 4.57 Å². The van der Waals surface area contributed by atoms with E-state index in [0.29, 0.717) is 17.7 Å². The summed E-state index contributed by atoms with van der Waals surface area (Å²) in [6.07, 6.45) is 1.59. The number of rotatable bonds is 8. The minimum absolute atomic E-state index is 0.0200. The van der Waals surface area contributed by atoms with Crippen LogP contribution in [0.4, 0.5) is 0 Å². The highest BCUT2D eigenvalue weighted by Crippen LogP contribution is 2.40. The van der Waals surface area contributed by atoms with E-state index in [9.17, 15) is 25.1 Å². The standard InChI is InChI=1S/C28H27N3O7S/c1-4-36-20-11-15(7-9-18(20)32)12-22-26(34)31-25(30)17(14-29)23(24(27(31)39-22)28(35)38-6-3)16-8-10-19(33)21(13-16)37-5-2/h7-13,23,32-33H,4-6,30H2,1-3H3. The number of nitriles is 1. The number of phenols is 2. The first-order chi connectivity index (χ1) is 18.7. The van der Waals surface area contributed by atoms with Crippen LogP contribution in [0.1, 0.15) is 37.8 Å². The Morgan fingerprint density at radius 3 is 2.33 bits per heavy atom. The summed E-state index contributed by atoms with van der Waals surface area (Å²) in [5, 5.41) is 30.4. The second kappa shape index (κ2) is 11.4. The fraction of sp³-hybridized carbons (Fsp3) is 0.250. The van der Waals surface area contributed by atoms with Crippen LogP contribution in [0, 0.1) is 11.3 Å². The van der Waals surface area contributed by atoms with E-state index in [2.05, 4.69) is 6.07 Å². The lowest BCUT2D eigenvalue weighted by Crippen LogP contribution is -2.40. The molecule has 0 spiro atoms. The lowest BCUT2D eigenvalue weighted by molar-refractivity contribution is -0.136. The van der Waals surface area contributed by atoms with Crippen LogP contribution in [0.2, 0.25) is 0 Å². The molecule has 0 bridgehead atoms. The SMILES string of the molecule is CCOC(=O)C1=c2sc(=Cc3ccc(O)c(OCC)c3)c(=O)n2C(N)=C(C#N)C1c1ccc(O)c(OCC)c1. The van der Waals surface area contributed by atoms with Gasteiger partial charge in [-0.05, 0) is 62.2 Å². The highest BCUT2D eigenvalue weighted by Gasteiger charge is 2.36. The number of phenolic OH excluding ortho intramolecular Hbond substituents is 2. The molecule has 39 heavy (non-hydrogen) atoms. The second-order valence-electron chi connectivity index (χ2n) is 8.35. The van der Waals surface area contributed by atoms with Crippen LogP contribution < -0.4 is 30.0 Å². The molecule has 3 aromatic rings. The van der Waals surface area contributed by atoms with Gasteiger partial charge in [0.25, 0.3) is 5.56 Å². The fourth-order valence-corrected chi connectivity index (χ4v) is 5.48. The zero-order valence-electron chi connectivity index (χ0n) is 21.6. The first-order valence-corrected chi connectivity index (χ1v) is 13.0. The van der Waals surface area contributed by atoms with Crippen molar-refractivity contribution in [3.63, 3.8) is 0 Å². The van der Waals surface area contributed by atoms with Crippen molar-refractivity contribution < 1.29 is 29.2 Å². The molecule has 202 valence electrons. The molecule has 1 aromatic heterocycles. The quantitative estimate of drug-likeness (QED) is 0.358. The van der Waals surface area contributed by atoms with Crippen molar-refractivity contribution >= 4 is 34.8 Å². The zero-order chi connectivity index (χ0) is 28.3. The predicted octanol–water partition coefficient (Wildman–Crippen LogP) is 2.11. The molecular formula is C28H27N3O7S. The van der Waals surface area contributed by atoms with Crippen LogP contribution in [0.15, 0.2) is 46.8 Å². The van der Waals surface area contributed by atoms with E-state index < -0.39 is 17.4 Å². The summed E-state index contributed by atoms with van der Waals surface area (Å²) in [5.74, 6) is -1.50. The predicted molar refractivity (Wildman–Crippen MR) is 146 cm³/mol. The average molecular weight is 550 g/mol. The Kier molecular flexibility index (Phi) is 7.97. The van der Waals surface area contributed by atoms with E-state index in [1.807, 2.05) is 0 Å². The topological polar surface area (TPSA) is 157 Å². The molecule has 0 aliphatic carbocycles. The van der Waals surface area contributed by atoms with E-state index >= 15 is 0 Å². The number of hydrogen-bond acceptors (Lipinski definition) is 10. The van der Waals surface area contributed by atoms with Gasteiger partial charge in [0.15, 0.2) is 23.0 Å². The molecule has 4 rings (SSSR count). The molecule has 11 heteroatoms. The number of aromatic nitrogens is 1. The van der Waals surface area contributed by atoms with Gasteiger partial charge in [-0.15, -0.1) is 11.3 Å². The number of esters is 1. The smallest absolute Gasteiger partial charge is 0.338 e. The number of nitrogens with zero attached hydrogens (tertiary/aromatic N) is 2. The van der Waals surface area contributed by atoms with Crippen LogP contribution in [0.3, 0.4) is 0 Å². The number of hydrogen-bond donors (Lipinski definition) is 3. The van der Waals surface area contributed by atoms with Crippen molar-refractivity contribution in [1.29, 1.82) is 5.26 Å². The van der Waals surface area contributed by atoms with Crippen molar-refractivity contribution in [3.8, 4) is 29.1 Å². The van der Waals surface area contributed by atoms with E-state index in [-0.39, 0.29) is 62.4 Å². The molecule has 2 heterocycles. The number of thiazole rings is 1. The number of carbonyl (C=O) groups is 1. The summed E-state index contributed by atoms with van der Waals surface area (Å²) < 4.78 is 17.9. The van der Waals surface area contributed by atoms with Crippen LogP contribution in [0.25, 0.3) is 17.5 Å². The normalized spacial score (nSPS) is 15.1. The van der Waals surface area contributed by atoms with Gasteiger partial charge in [0.05, 0.1) is 47.5 Å². The number of carbonyl (C=O) groups excluding carboxylic acids is 1. The largest absolute Gasteiger partial charge is 0.504 e. The molecular weight excluding hydrogens is 522 g/mol. The molecule has 2 aromatic carbocycles. The van der Waals surface area contributed by atoms with Gasteiger partial charge in [-0.25, -0.2) is 4.79 Å². The summed E-state index contributed by atoms with van der Waals surface area (Å²) in [4.78, 5) is 26.9. The first-order valence-electron chi connectivity index (χ1n) is 12.2. The number of aromatic hydroxyl groups is 2. The third-order valence-corrected chi connectivity index (χ3v) is 7.07. The molecule has 0 amide bonds. The molecule has 1 aliphatic heterocycles. The van der Waals surface area contributed by atoms with Crippen LogP contribution in [0.5, 0.6) is 23.0 Å². The van der Waals surface area contributed by atoms with Gasteiger partial charge in [0, 0.05) is 0 Å². The van der Waals surface area contributed by atoms with E-state index in [1.165, 1.54) is 18.2 Å². The van der Waals surface area contributed by atoms with Crippen molar-refractivity contribution in [3.05, 3.63) is 72.6 Å². The minimum atomic E-state index is -0.974. The fourth-order valence-electron chi connectivity index (χ4n) is 4.31. The van der Waals surface area contributed by atoms with E-state index in [1.54, 1.807) is 45.0 Å². The van der Waals surface area contributed by atoms with Crippen molar-refractivity contribution in [2.24, 2.45) is 5.73 Å². The molecule has 1 aliphatic rings. The Morgan fingerprint density at radius 2 is 1.72 bits per heavy atom. The minimum Gasteiger partial charge on any atom is -0.504 e. The Hall–Kier alpha value is -4.69. The first kappa shape index (κ1) is 27.3. The van der Waals surface area contributed by atoms with E-state index in [0.717, 1.165) is 15.9 Å². The molecule has 4 N–H and O–H groups in total. The summed E-state index contributed by atoms with van der Waals surface area (Å²) in [6.45, 7) is 5.89. The number of ether oxygens (including phenoxy) is 3. The van der Waals surface area contributed by atoms with Crippen molar-refractivity contribution in [2.75, 3.05) is 19.8 Å². The van der Waals surface area contributed by atoms with Crippen LogP contribution in [-0.2, 0) is 9.53 Å². The molecule has 0 saturated heterocycles. The summed E-state index contributed by atoms with van der Waals surface area (Å²) in [5.41, 5.74) is 6.95. The number of fused-ring (bicyclic) bond motifs is 1. The van der Waals surface area contributed by atoms with Gasteiger partial charge in [-0.2, -0.15) is 5.26 Å². The number of nitrogens with two attached hydrogens (primary N) is 1. The van der Waals surface area contributed by atoms with Gasteiger partial charge in [-0.1, -0.05) is 12.1 Å². The summed E-state index contributed by atoms with van der Waals surface area (Å²) in [7, 11) is 0. The Labute approximate surface area is 227 Å². The highest BCUT2D eigenvalue weighted by molar-refractivity contribution is 7.07. The molecule has 0 saturated carbocycles. The number of allylic oxidation sites excluding steroid dienone is 1. The maximum Gasteiger partial charge on any atom is 0.338 e. The summed E-state index contributed by atoms with van der Waals surface area (Å²) in [6, 6.07) is 11.2. The van der Waals surface area contributed by atoms with Crippen molar-refractivity contribution in [2.45, 2.75) is 26.7 Å². The third kappa shape index (κ3) is 5.06. The molecule has 1 atom stereocenters. The Bertz CT molecular complexity index is 1700. The zero-order valence-corrected chi connectivity index (χ0v) is 22.4. The molecule has 10 nitrogen and oxygen atoms in total. The van der Waals surface area contributed by atoms with Gasteiger partial charge in [0.2, 0.25) is 0 Å². The van der Waals surface area contributed by atoms with Gasteiger partial charge < -0.3 is 30.2 Å². The maximum absolute atomic E-state index is 13.5. The van der Waals surface area contributed by atoms with E-state index in [4.69, 9.17) is 19.9 Å². The third-order valence-electron chi connectivity index (χ3n) is 5.96. The second-order valence-corrected chi connectivity index (χ2v) is 9.39. The van der Waals surface area contributed by atoms with Crippen LogP contribution in [-0.4, -0.2) is 40.6 Å². The average Bonchev–Trinajstić information content (AvgIpc) is 3.23. The molecule has 0 radical (unpaired) electrons. The van der Waals surface area contributed by atoms with Gasteiger partial charge >= 0.3 is 5.97 Å². The molecule has 0 fully saturated rings. The van der Waals surface area contributed by atoms with Gasteiger partial charge in [-0.3, -0.25) is 9.36 Å². The summed E-state index contributed by atoms with van der Waals surface area (Å²) >= 11 is 1.02. The monoisotopic (exact) mass is 549 g/mol. The Morgan fingerprint density at radius 1 is 1.08 bits per heavy atom. The maximum atomic E-state index is 13.5. The molecule has 1 unspecified atom stereocenters. The lowest BCUT2D eigenvalue weighted by Gasteiger charge is -2.25. The van der Waals surface area contributed by atoms with Crippen LogP contribution >= 0.6 is 11.3 Å². The Balaban J connectivity index is 2.04. The highest BCUT2D eigenvalue weighted by atomic mass is 32.1.